The normalized spacial score (nSPS) is 10.0. The second kappa shape index (κ2) is 3.33. The van der Waals surface area contributed by atoms with Crippen LogP contribution in [0.4, 0.5) is 11.5 Å². The molecule has 0 fully saturated rings. The molecule has 0 saturated carbocycles. The fourth-order valence-electron chi connectivity index (χ4n) is 1.14. The van der Waals surface area contributed by atoms with Gasteiger partial charge in [-0.25, -0.2) is 4.98 Å². The second-order valence-electron chi connectivity index (χ2n) is 2.95. The van der Waals surface area contributed by atoms with Gasteiger partial charge in [-0.05, 0) is 12.1 Å². The van der Waals surface area contributed by atoms with Crippen LogP contribution in [0.25, 0.3) is 11.3 Å². The van der Waals surface area contributed by atoms with Crippen LogP contribution in [-0.4, -0.2) is 9.97 Å². The Morgan fingerprint density at radius 3 is 2.14 bits per heavy atom. The Morgan fingerprint density at radius 2 is 1.57 bits per heavy atom. The van der Waals surface area contributed by atoms with Crippen LogP contribution in [0.2, 0.25) is 0 Å². The predicted octanol–water partition coefficient (Wildman–Crippen LogP) is 1.31. The van der Waals surface area contributed by atoms with Gasteiger partial charge in [-0.1, -0.05) is 12.1 Å². The summed E-state index contributed by atoms with van der Waals surface area (Å²) in [6.07, 6.45) is 3.17. The summed E-state index contributed by atoms with van der Waals surface area (Å²) < 4.78 is 0. The van der Waals surface area contributed by atoms with Gasteiger partial charge in [0.05, 0.1) is 18.1 Å². The van der Waals surface area contributed by atoms with Crippen molar-refractivity contribution >= 4 is 11.5 Å². The SMILES string of the molecule is Nc1ccc(-c2cnc(N)cn2)cc1. The van der Waals surface area contributed by atoms with E-state index < -0.39 is 0 Å². The quantitative estimate of drug-likeness (QED) is 0.658. The van der Waals surface area contributed by atoms with Crippen molar-refractivity contribution in [3.63, 3.8) is 0 Å². The highest BCUT2D eigenvalue weighted by molar-refractivity contribution is 5.61. The first-order chi connectivity index (χ1) is 6.75. The van der Waals surface area contributed by atoms with Gasteiger partial charge in [0.15, 0.2) is 0 Å². The third kappa shape index (κ3) is 1.64. The molecule has 0 unspecified atom stereocenters. The minimum atomic E-state index is 0.421. The van der Waals surface area contributed by atoms with E-state index in [2.05, 4.69) is 9.97 Å². The lowest BCUT2D eigenvalue weighted by Gasteiger charge is -2.00. The molecule has 1 aromatic carbocycles. The van der Waals surface area contributed by atoms with Crippen molar-refractivity contribution in [3.05, 3.63) is 36.7 Å². The van der Waals surface area contributed by atoms with Crippen molar-refractivity contribution in [3.8, 4) is 11.3 Å². The fraction of sp³-hybridized carbons (Fsp3) is 0. The average Bonchev–Trinajstić information content (AvgIpc) is 2.21. The van der Waals surface area contributed by atoms with Crippen molar-refractivity contribution < 1.29 is 0 Å². The highest BCUT2D eigenvalue weighted by Gasteiger charge is 1.98. The molecule has 4 N–H and O–H groups in total. The molecule has 0 atom stereocenters. The lowest BCUT2D eigenvalue weighted by molar-refractivity contribution is 1.22. The van der Waals surface area contributed by atoms with Crippen LogP contribution in [0.15, 0.2) is 36.7 Å². The minimum absolute atomic E-state index is 0.421. The van der Waals surface area contributed by atoms with Gasteiger partial charge in [0.25, 0.3) is 0 Å². The summed E-state index contributed by atoms with van der Waals surface area (Å²) in [6.45, 7) is 0. The van der Waals surface area contributed by atoms with Crippen LogP contribution >= 0.6 is 0 Å². The van der Waals surface area contributed by atoms with E-state index in [0.717, 1.165) is 16.9 Å². The molecule has 0 radical (unpaired) electrons. The molecule has 4 nitrogen and oxygen atoms in total. The number of benzene rings is 1. The standard InChI is InChI=1S/C10H10N4/c11-8-3-1-7(2-4-8)9-5-14-10(12)6-13-9/h1-6H,11H2,(H2,12,14). The molecule has 0 spiro atoms. The third-order valence-electron chi connectivity index (χ3n) is 1.88. The summed E-state index contributed by atoms with van der Waals surface area (Å²) >= 11 is 0. The number of nitrogens with zero attached hydrogens (tertiary/aromatic N) is 2. The van der Waals surface area contributed by atoms with E-state index in [1.165, 1.54) is 6.20 Å². The smallest absolute Gasteiger partial charge is 0.141 e. The zero-order valence-electron chi connectivity index (χ0n) is 7.51. The average molecular weight is 186 g/mol. The molecule has 14 heavy (non-hydrogen) atoms. The van der Waals surface area contributed by atoms with Crippen molar-refractivity contribution in [2.45, 2.75) is 0 Å². The first-order valence-corrected chi connectivity index (χ1v) is 4.19. The van der Waals surface area contributed by atoms with Crippen molar-refractivity contribution in [2.75, 3.05) is 11.5 Å². The highest BCUT2D eigenvalue weighted by Crippen LogP contribution is 2.17. The number of hydrogen-bond donors (Lipinski definition) is 2. The van der Waals surface area contributed by atoms with Crippen LogP contribution in [0, 0.1) is 0 Å². The van der Waals surface area contributed by atoms with Gasteiger partial charge >= 0.3 is 0 Å². The maximum Gasteiger partial charge on any atom is 0.141 e. The molecule has 0 bridgehead atoms. The Hall–Kier alpha value is -2.10. The molecule has 1 heterocycles. The van der Waals surface area contributed by atoms with Crippen molar-refractivity contribution in [1.82, 2.24) is 9.97 Å². The Kier molecular flexibility index (Phi) is 2.02. The van der Waals surface area contributed by atoms with E-state index in [4.69, 9.17) is 11.5 Å². The van der Waals surface area contributed by atoms with Crippen LogP contribution in [-0.2, 0) is 0 Å². The zero-order valence-corrected chi connectivity index (χ0v) is 7.51. The molecule has 0 amide bonds. The molecule has 0 aliphatic heterocycles. The first kappa shape index (κ1) is 8.50. The fourth-order valence-corrected chi connectivity index (χ4v) is 1.14. The third-order valence-corrected chi connectivity index (χ3v) is 1.88. The molecule has 4 heteroatoms. The largest absolute Gasteiger partial charge is 0.399 e. The van der Waals surface area contributed by atoms with E-state index in [0.29, 0.717) is 5.82 Å². The van der Waals surface area contributed by atoms with Crippen molar-refractivity contribution in [1.29, 1.82) is 0 Å². The first-order valence-electron chi connectivity index (χ1n) is 4.19. The number of aromatic nitrogens is 2. The molecular formula is C10H10N4. The lowest BCUT2D eigenvalue weighted by Crippen LogP contribution is -1.92. The molecule has 0 aliphatic carbocycles. The minimum Gasteiger partial charge on any atom is -0.399 e. The maximum atomic E-state index is 5.57. The van der Waals surface area contributed by atoms with E-state index in [-0.39, 0.29) is 0 Å². The Morgan fingerprint density at radius 1 is 0.857 bits per heavy atom. The summed E-state index contributed by atoms with van der Waals surface area (Å²) in [5.74, 6) is 0.421. The molecule has 0 aliphatic rings. The summed E-state index contributed by atoms with van der Waals surface area (Å²) in [4.78, 5) is 8.11. The van der Waals surface area contributed by atoms with E-state index in [1.807, 2.05) is 24.3 Å². The van der Waals surface area contributed by atoms with Crippen LogP contribution in [0.5, 0.6) is 0 Å². The summed E-state index contributed by atoms with van der Waals surface area (Å²) in [5, 5.41) is 0. The number of nitrogens with two attached hydrogens (primary N) is 2. The Balaban J connectivity index is 2.40. The van der Waals surface area contributed by atoms with Crippen LogP contribution < -0.4 is 11.5 Å². The lowest BCUT2D eigenvalue weighted by atomic mass is 10.1. The van der Waals surface area contributed by atoms with E-state index in [9.17, 15) is 0 Å². The van der Waals surface area contributed by atoms with Crippen LogP contribution in [0.3, 0.4) is 0 Å². The van der Waals surface area contributed by atoms with Crippen molar-refractivity contribution in [2.24, 2.45) is 0 Å². The molecule has 0 saturated heterocycles. The van der Waals surface area contributed by atoms with E-state index >= 15 is 0 Å². The summed E-state index contributed by atoms with van der Waals surface area (Å²) in [5.41, 5.74) is 13.5. The molecular weight excluding hydrogens is 176 g/mol. The van der Waals surface area contributed by atoms with Crippen LogP contribution in [0.1, 0.15) is 0 Å². The molecule has 70 valence electrons. The summed E-state index contributed by atoms with van der Waals surface area (Å²) in [6, 6.07) is 7.45. The Labute approximate surface area is 81.6 Å². The molecule has 1 aromatic heterocycles. The van der Waals surface area contributed by atoms with Gasteiger partial charge in [-0.3, -0.25) is 4.98 Å². The second-order valence-corrected chi connectivity index (χ2v) is 2.95. The number of hydrogen-bond acceptors (Lipinski definition) is 4. The van der Waals surface area contributed by atoms with Gasteiger partial charge in [0, 0.05) is 11.3 Å². The van der Waals surface area contributed by atoms with Gasteiger partial charge in [-0.2, -0.15) is 0 Å². The van der Waals surface area contributed by atoms with E-state index in [1.54, 1.807) is 6.20 Å². The van der Waals surface area contributed by atoms with Gasteiger partial charge < -0.3 is 11.5 Å². The Bertz CT molecular complexity index is 375. The van der Waals surface area contributed by atoms with Gasteiger partial charge in [-0.15, -0.1) is 0 Å². The topological polar surface area (TPSA) is 77.8 Å². The number of rotatable bonds is 1. The predicted molar refractivity (Wildman–Crippen MR) is 56.3 cm³/mol. The highest BCUT2D eigenvalue weighted by atomic mass is 14.9. The number of anilines is 2. The van der Waals surface area contributed by atoms with Gasteiger partial charge in [0.1, 0.15) is 5.82 Å². The molecule has 2 rings (SSSR count). The number of nitrogen functional groups attached to an aromatic ring is 2. The zero-order chi connectivity index (χ0) is 9.97. The monoisotopic (exact) mass is 186 g/mol. The summed E-state index contributed by atoms with van der Waals surface area (Å²) in [7, 11) is 0. The maximum absolute atomic E-state index is 5.57. The molecule has 2 aromatic rings. The van der Waals surface area contributed by atoms with Gasteiger partial charge in [0.2, 0.25) is 0 Å².